The average molecular weight is 267 g/mol. The molecule has 0 unspecified atom stereocenters. The van der Waals surface area contributed by atoms with Crippen LogP contribution in [0.25, 0.3) is 32.1 Å². The molecule has 0 saturated heterocycles. The summed E-state index contributed by atoms with van der Waals surface area (Å²) in [5.41, 5.74) is 3.10. The smallest absolute Gasteiger partial charge is 0.125 e. The Bertz CT molecular complexity index is 888. The molecular formula is C16H10FNS. The first-order chi connectivity index (χ1) is 9.31. The van der Waals surface area contributed by atoms with Crippen LogP contribution in [0, 0.1) is 5.82 Å². The van der Waals surface area contributed by atoms with Gasteiger partial charge in [-0.2, -0.15) is 0 Å². The third-order valence-electron chi connectivity index (χ3n) is 3.41. The Kier molecular flexibility index (Phi) is 2.23. The van der Waals surface area contributed by atoms with E-state index in [1.165, 1.54) is 22.2 Å². The highest BCUT2D eigenvalue weighted by atomic mass is 32.1. The predicted octanol–water partition coefficient (Wildman–Crippen LogP) is 5.19. The lowest BCUT2D eigenvalue weighted by Gasteiger charge is -2.00. The number of halogens is 1. The van der Waals surface area contributed by atoms with Gasteiger partial charge in [-0.15, -0.1) is 11.3 Å². The van der Waals surface area contributed by atoms with Crippen molar-refractivity contribution in [1.82, 2.24) is 4.98 Å². The topological polar surface area (TPSA) is 15.8 Å². The highest BCUT2D eigenvalue weighted by Gasteiger charge is 2.07. The molecule has 2 heterocycles. The van der Waals surface area contributed by atoms with Crippen molar-refractivity contribution in [2.75, 3.05) is 0 Å². The summed E-state index contributed by atoms with van der Waals surface area (Å²) in [6, 6.07) is 13.4. The van der Waals surface area contributed by atoms with Gasteiger partial charge in [0.15, 0.2) is 0 Å². The summed E-state index contributed by atoms with van der Waals surface area (Å²) in [4.78, 5) is 3.13. The maximum atomic E-state index is 13.2. The van der Waals surface area contributed by atoms with E-state index in [1.54, 1.807) is 11.3 Å². The highest BCUT2D eigenvalue weighted by molar-refractivity contribution is 7.17. The van der Waals surface area contributed by atoms with Gasteiger partial charge in [-0.3, -0.25) is 0 Å². The van der Waals surface area contributed by atoms with Crippen LogP contribution in [0.2, 0.25) is 0 Å². The lowest BCUT2D eigenvalue weighted by atomic mass is 10.0. The zero-order valence-electron chi connectivity index (χ0n) is 9.98. The van der Waals surface area contributed by atoms with E-state index in [0.717, 1.165) is 22.0 Å². The fourth-order valence-electron chi connectivity index (χ4n) is 2.47. The predicted molar refractivity (Wildman–Crippen MR) is 79.1 cm³/mol. The Morgan fingerprint density at radius 1 is 1.00 bits per heavy atom. The van der Waals surface area contributed by atoms with Gasteiger partial charge in [0, 0.05) is 27.4 Å². The van der Waals surface area contributed by atoms with Gasteiger partial charge in [0.1, 0.15) is 5.82 Å². The van der Waals surface area contributed by atoms with Gasteiger partial charge < -0.3 is 4.98 Å². The molecule has 0 spiro atoms. The second-order valence-corrected chi connectivity index (χ2v) is 5.51. The minimum Gasteiger partial charge on any atom is -0.360 e. The number of benzene rings is 2. The third-order valence-corrected chi connectivity index (χ3v) is 4.31. The molecule has 0 aliphatic heterocycles. The Balaban J connectivity index is 1.97. The van der Waals surface area contributed by atoms with Crippen molar-refractivity contribution in [1.29, 1.82) is 0 Å². The van der Waals surface area contributed by atoms with Gasteiger partial charge in [0.2, 0.25) is 0 Å². The number of aromatic nitrogens is 1. The van der Waals surface area contributed by atoms with E-state index in [-0.39, 0.29) is 5.82 Å². The van der Waals surface area contributed by atoms with Gasteiger partial charge in [0.05, 0.1) is 0 Å². The molecule has 19 heavy (non-hydrogen) atoms. The summed E-state index contributed by atoms with van der Waals surface area (Å²) in [7, 11) is 0. The number of rotatable bonds is 1. The largest absolute Gasteiger partial charge is 0.360 e. The molecule has 4 aromatic rings. The number of thiophene rings is 1. The standard InChI is InChI=1S/C16H10FNS/c17-12-2-3-13-14(9-18-15(13)8-12)10-1-4-16-11(7-10)5-6-19-16/h1-9,18H. The van der Waals surface area contributed by atoms with Crippen LogP contribution in [0.1, 0.15) is 0 Å². The number of nitrogens with one attached hydrogen (secondary N) is 1. The molecule has 0 bridgehead atoms. The zero-order chi connectivity index (χ0) is 12.8. The fourth-order valence-corrected chi connectivity index (χ4v) is 3.24. The van der Waals surface area contributed by atoms with Gasteiger partial charge in [-0.1, -0.05) is 6.07 Å². The second-order valence-electron chi connectivity index (χ2n) is 4.57. The Hall–Kier alpha value is -2.13. The van der Waals surface area contributed by atoms with Crippen LogP contribution < -0.4 is 0 Å². The molecule has 0 fully saturated rings. The number of hydrogen-bond acceptors (Lipinski definition) is 1. The Morgan fingerprint density at radius 2 is 1.95 bits per heavy atom. The molecule has 0 saturated carbocycles. The first-order valence-electron chi connectivity index (χ1n) is 6.05. The second kappa shape index (κ2) is 3.93. The minimum absolute atomic E-state index is 0.214. The van der Waals surface area contributed by atoms with Crippen molar-refractivity contribution < 1.29 is 4.39 Å². The Labute approximate surface area is 113 Å². The van der Waals surface area contributed by atoms with Crippen LogP contribution in [0.5, 0.6) is 0 Å². The van der Waals surface area contributed by atoms with E-state index in [2.05, 4.69) is 34.6 Å². The van der Waals surface area contributed by atoms with Crippen LogP contribution in [0.4, 0.5) is 4.39 Å². The molecule has 0 aliphatic carbocycles. The monoisotopic (exact) mass is 267 g/mol. The van der Waals surface area contributed by atoms with Crippen molar-refractivity contribution in [3.63, 3.8) is 0 Å². The molecule has 1 N–H and O–H groups in total. The first-order valence-corrected chi connectivity index (χ1v) is 6.93. The molecule has 4 rings (SSSR count). The number of hydrogen-bond donors (Lipinski definition) is 1. The highest BCUT2D eigenvalue weighted by Crippen LogP contribution is 2.32. The summed E-state index contributed by atoms with van der Waals surface area (Å²) in [6.45, 7) is 0. The van der Waals surface area contributed by atoms with Crippen molar-refractivity contribution in [3.8, 4) is 11.1 Å². The van der Waals surface area contributed by atoms with Crippen LogP contribution in [0.15, 0.2) is 54.0 Å². The quantitative estimate of drug-likeness (QED) is 0.488. The zero-order valence-corrected chi connectivity index (χ0v) is 10.8. The summed E-state index contributed by atoms with van der Waals surface area (Å²) in [5.74, 6) is -0.214. The number of aromatic amines is 1. The third kappa shape index (κ3) is 1.66. The lowest BCUT2D eigenvalue weighted by Crippen LogP contribution is -1.76. The Morgan fingerprint density at radius 3 is 2.89 bits per heavy atom. The maximum absolute atomic E-state index is 13.2. The fraction of sp³-hybridized carbons (Fsp3) is 0. The van der Waals surface area contributed by atoms with Crippen LogP contribution >= 0.6 is 11.3 Å². The van der Waals surface area contributed by atoms with E-state index in [0.29, 0.717) is 0 Å². The minimum atomic E-state index is -0.214. The van der Waals surface area contributed by atoms with E-state index >= 15 is 0 Å². The summed E-state index contributed by atoms with van der Waals surface area (Å²) >= 11 is 1.74. The van der Waals surface area contributed by atoms with Gasteiger partial charge >= 0.3 is 0 Å². The van der Waals surface area contributed by atoms with Gasteiger partial charge in [-0.25, -0.2) is 4.39 Å². The maximum Gasteiger partial charge on any atom is 0.125 e. The van der Waals surface area contributed by atoms with Crippen molar-refractivity contribution in [3.05, 3.63) is 59.9 Å². The lowest BCUT2D eigenvalue weighted by molar-refractivity contribution is 0.629. The normalized spacial score (nSPS) is 11.4. The molecule has 0 radical (unpaired) electrons. The summed E-state index contributed by atoms with van der Waals surface area (Å²) in [5, 5.41) is 4.40. The van der Waals surface area contributed by atoms with Crippen LogP contribution in [-0.2, 0) is 0 Å². The van der Waals surface area contributed by atoms with Crippen molar-refractivity contribution in [2.45, 2.75) is 0 Å². The van der Waals surface area contributed by atoms with E-state index < -0.39 is 0 Å². The molecule has 2 aromatic carbocycles. The molecule has 1 nitrogen and oxygen atoms in total. The van der Waals surface area contributed by atoms with E-state index in [4.69, 9.17) is 0 Å². The van der Waals surface area contributed by atoms with Crippen LogP contribution in [-0.4, -0.2) is 4.98 Å². The SMILES string of the molecule is Fc1ccc2c(-c3ccc4sccc4c3)c[nH]c2c1. The molecule has 0 amide bonds. The van der Waals surface area contributed by atoms with Crippen molar-refractivity contribution in [2.24, 2.45) is 0 Å². The number of H-pyrrole nitrogens is 1. The van der Waals surface area contributed by atoms with Crippen molar-refractivity contribution >= 4 is 32.3 Å². The number of fused-ring (bicyclic) bond motifs is 2. The van der Waals surface area contributed by atoms with Gasteiger partial charge in [0.25, 0.3) is 0 Å². The molecule has 0 aliphatic rings. The van der Waals surface area contributed by atoms with E-state index in [9.17, 15) is 4.39 Å². The molecule has 0 atom stereocenters. The molecule has 2 aromatic heterocycles. The average Bonchev–Trinajstić information content (AvgIpc) is 3.02. The summed E-state index contributed by atoms with van der Waals surface area (Å²) < 4.78 is 14.5. The molecule has 92 valence electrons. The van der Waals surface area contributed by atoms with Crippen LogP contribution in [0.3, 0.4) is 0 Å². The van der Waals surface area contributed by atoms with E-state index in [1.807, 2.05) is 12.3 Å². The first kappa shape index (κ1) is 10.8. The summed E-state index contributed by atoms with van der Waals surface area (Å²) in [6.07, 6.45) is 1.94. The van der Waals surface area contributed by atoms with Gasteiger partial charge in [-0.05, 0) is 52.7 Å². The molecule has 3 heteroatoms. The molecular weight excluding hydrogens is 257 g/mol.